The van der Waals surface area contributed by atoms with Gasteiger partial charge in [-0.05, 0) is 37.0 Å². The number of halogens is 1. The lowest BCUT2D eigenvalue weighted by Crippen LogP contribution is -2.43. The summed E-state index contributed by atoms with van der Waals surface area (Å²) in [4.78, 5) is 19.3. The van der Waals surface area contributed by atoms with Gasteiger partial charge in [0.2, 0.25) is 11.0 Å². The Hall–Kier alpha value is -1.66. The fourth-order valence-corrected chi connectivity index (χ4v) is 4.08. The van der Waals surface area contributed by atoms with Crippen LogP contribution >= 0.6 is 23.1 Å². The Balaban J connectivity index is 1.60. The van der Waals surface area contributed by atoms with Gasteiger partial charge in [0.05, 0.1) is 0 Å². The van der Waals surface area contributed by atoms with Crippen LogP contribution in [0.1, 0.15) is 50.4 Å². The number of benzene rings is 1. The highest BCUT2D eigenvalue weighted by Gasteiger charge is 2.32. The van der Waals surface area contributed by atoms with Crippen molar-refractivity contribution in [3.05, 3.63) is 40.7 Å². The Morgan fingerprint density at radius 3 is 2.92 bits per heavy atom. The molecule has 1 amide bonds. The molecule has 1 saturated heterocycles. The smallest absolute Gasteiger partial charge is 0.242 e. The molecule has 7 heteroatoms. The Bertz CT molecular complexity index is 719. The van der Waals surface area contributed by atoms with Crippen LogP contribution in [0.5, 0.6) is 0 Å². The van der Waals surface area contributed by atoms with Gasteiger partial charge < -0.3 is 10.2 Å². The standard InChI is InChI=1S/C19H25ClN4OS/c1-2-3-4-11-21-18(25)16-6-5-12-24(16)19-22-17(23-26-19)13-14-7-9-15(20)10-8-14/h7-10,16H,2-6,11-13H2,1H3,(H,21,25)/t16-/m1/s1. The molecule has 140 valence electrons. The van der Waals surface area contributed by atoms with Crippen LogP contribution in [0.3, 0.4) is 0 Å². The zero-order chi connectivity index (χ0) is 18.4. The van der Waals surface area contributed by atoms with E-state index < -0.39 is 0 Å². The van der Waals surface area contributed by atoms with Gasteiger partial charge in [-0.1, -0.05) is 43.5 Å². The van der Waals surface area contributed by atoms with Gasteiger partial charge in [-0.3, -0.25) is 4.79 Å². The highest BCUT2D eigenvalue weighted by molar-refractivity contribution is 7.09. The zero-order valence-electron chi connectivity index (χ0n) is 15.1. The molecule has 0 saturated carbocycles. The maximum Gasteiger partial charge on any atom is 0.242 e. The van der Waals surface area contributed by atoms with Gasteiger partial charge in [-0.15, -0.1) is 0 Å². The Labute approximate surface area is 163 Å². The highest BCUT2D eigenvalue weighted by atomic mass is 35.5. The number of carbonyl (C=O) groups is 1. The van der Waals surface area contributed by atoms with E-state index in [0.29, 0.717) is 6.42 Å². The first-order valence-corrected chi connectivity index (χ1v) is 10.4. The Kier molecular flexibility index (Phi) is 6.86. The summed E-state index contributed by atoms with van der Waals surface area (Å²) in [5.41, 5.74) is 1.13. The molecule has 0 unspecified atom stereocenters. The Morgan fingerprint density at radius 2 is 2.15 bits per heavy atom. The topological polar surface area (TPSA) is 58.1 Å². The number of amides is 1. The number of rotatable bonds is 8. The van der Waals surface area contributed by atoms with E-state index in [2.05, 4.69) is 26.5 Å². The van der Waals surface area contributed by atoms with Crippen LogP contribution in [0.15, 0.2) is 24.3 Å². The lowest BCUT2D eigenvalue weighted by Gasteiger charge is -2.22. The molecule has 2 aromatic rings. The third-order valence-electron chi connectivity index (χ3n) is 4.61. The Morgan fingerprint density at radius 1 is 1.35 bits per heavy atom. The molecule has 0 aliphatic carbocycles. The first kappa shape index (κ1) is 19.1. The van der Waals surface area contributed by atoms with Gasteiger partial charge in [0, 0.05) is 36.1 Å². The molecule has 1 fully saturated rings. The summed E-state index contributed by atoms with van der Waals surface area (Å²) in [7, 11) is 0. The van der Waals surface area contributed by atoms with Crippen molar-refractivity contribution in [3.63, 3.8) is 0 Å². The SMILES string of the molecule is CCCCCNC(=O)[C@H]1CCCN1c1nc(Cc2ccc(Cl)cc2)ns1. The second-order valence-electron chi connectivity index (χ2n) is 6.65. The number of unbranched alkanes of at least 4 members (excludes halogenated alkanes) is 2. The molecule has 26 heavy (non-hydrogen) atoms. The van der Waals surface area contributed by atoms with E-state index in [1.165, 1.54) is 11.5 Å². The van der Waals surface area contributed by atoms with Crippen LogP contribution in [0, 0.1) is 0 Å². The van der Waals surface area contributed by atoms with Crippen LogP contribution in [-0.4, -0.2) is 34.4 Å². The molecular weight excluding hydrogens is 368 g/mol. The maximum atomic E-state index is 12.5. The van der Waals surface area contributed by atoms with Gasteiger partial charge >= 0.3 is 0 Å². The van der Waals surface area contributed by atoms with Crippen LogP contribution in [0.25, 0.3) is 0 Å². The fourth-order valence-electron chi connectivity index (χ4n) is 3.19. The quantitative estimate of drug-likeness (QED) is 0.688. The van der Waals surface area contributed by atoms with Crippen molar-refractivity contribution in [3.8, 4) is 0 Å². The third kappa shape index (κ3) is 4.95. The van der Waals surface area contributed by atoms with E-state index in [-0.39, 0.29) is 11.9 Å². The molecule has 1 N–H and O–H groups in total. The number of anilines is 1. The highest BCUT2D eigenvalue weighted by Crippen LogP contribution is 2.27. The molecular formula is C19H25ClN4OS. The summed E-state index contributed by atoms with van der Waals surface area (Å²) in [5, 5.41) is 4.65. The third-order valence-corrected chi connectivity index (χ3v) is 5.66. The van der Waals surface area contributed by atoms with Crippen molar-refractivity contribution >= 4 is 34.2 Å². The van der Waals surface area contributed by atoms with E-state index in [4.69, 9.17) is 11.6 Å². The second kappa shape index (κ2) is 9.33. The number of hydrogen-bond donors (Lipinski definition) is 1. The van der Waals surface area contributed by atoms with Crippen LogP contribution < -0.4 is 10.2 Å². The predicted molar refractivity (Wildman–Crippen MR) is 107 cm³/mol. The van der Waals surface area contributed by atoms with E-state index in [0.717, 1.165) is 66.7 Å². The summed E-state index contributed by atoms with van der Waals surface area (Å²) >= 11 is 7.31. The average molecular weight is 393 g/mol. The van der Waals surface area contributed by atoms with E-state index in [1.807, 2.05) is 24.3 Å². The number of aromatic nitrogens is 2. The van der Waals surface area contributed by atoms with Crippen molar-refractivity contribution in [1.29, 1.82) is 0 Å². The molecule has 0 bridgehead atoms. The zero-order valence-corrected chi connectivity index (χ0v) is 16.7. The van der Waals surface area contributed by atoms with E-state index in [1.54, 1.807) is 0 Å². The molecule has 1 aliphatic heterocycles. The minimum absolute atomic E-state index is 0.118. The second-order valence-corrected chi connectivity index (χ2v) is 7.81. The molecule has 5 nitrogen and oxygen atoms in total. The average Bonchev–Trinajstić information content (AvgIpc) is 3.29. The molecule has 0 spiro atoms. The molecule has 0 radical (unpaired) electrons. The van der Waals surface area contributed by atoms with Crippen LogP contribution in [0.4, 0.5) is 5.13 Å². The van der Waals surface area contributed by atoms with Crippen LogP contribution in [0.2, 0.25) is 5.02 Å². The minimum atomic E-state index is -0.118. The van der Waals surface area contributed by atoms with Gasteiger partial charge in [0.25, 0.3) is 0 Å². The summed E-state index contributed by atoms with van der Waals surface area (Å²) < 4.78 is 4.48. The maximum absolute atomic E-state index is 12.5. The van der Waals surface area contributed by atoms with Crippen molar-refractivity contribution in [2.75, 3.05) is 18.0 Å². The summed E-state index contributed by atoms with van der Waals surface area (Å²) in [6, 6.07) is 7.62. The monoisotopic (exact) mass is 392 g/mol. The van der Waals surface area contributed by atoms with Gasteiger partial charge in [-0.25, -0.2) is 4.98 Å². The molecule has 1 aromatic carbocycles. The summed E-state index contributed by atoms with van der Waals surface area (Å²) in [5.74, 6) is 0.911. The van der Waals surface area contributed by atoms with Crippen LogP contribution in [-0.2, 0) is 11.2 Å². The number of hydrogen-bond acceptors (Lipinski definition) is 5. The van der Waals surface area contributed by atoms with Crippen molar-refractivity contribution in [2.45, 2.75) is 51.5 Å². The number of nitrogens with zero attached hydrogens (tertiary/aromatic N) is 3. The summed E-state index contributed by atoms with van der Waals surface area (Å²) in [6.45, 7) is 3.79. The predicted octanol–water partition coefficient (Wildman–Crippen LogP) is 4.06. The summed E-state index contributed by atoms with van der Waals surface area (Å²) in [6.07, 6.45) is 5.92. The molecule has 1 aromatic heterocycles. The first-order valence-electron chi connectivity index (χ1n) is 9.28. The van der Waals surface area contributed by atoms with Crippen molar-refractivity contribution < 1.29 is 4.79 Å². The van der Waals surface area contributed by atoms with Crippen molar-refractivity contribution in [2.24, 2.45) is 0 Å². The van der Waals surface area contributed by atoms with E-state index in [9.17, 15) is 4.79 Å². The largest absolute Gasteiger partial charge is 0.354 e. The normalized spacial score (nSPS) is 16.8. The first-order chi connectivity index (χ1) is 12.7. The molecule has 1 atom stereocenters. The number of nitrogens with one attached hydrogen (secondary N) is 1. The minimum Gasteiger partial charge on any atom is -0.354 e. The lowest BCUT2D eigenvalue weighted by molar-refractivity contribution is -0.122. The van der Waals surface area contributed by atoms with Gasteiger partial charge in [0.1, 0.15) is 11.9 Å². The van der Waals surface area contributed by atoms with Gasteiger partial charge in [-0.2, -0.15) is 4.37 Å². The molecule has 2 heterocycles. The van der Waals surface area contributed by atoms with E-state index >= 15 is 0 Å². The van der Waals surface area contributed by atoms with Crippen molar-refractivity contribution in [1.82, 2.24) is 14.7 Å². The fraction of sp³-hybridized carbons (Fsp3) is 0.526. The number of carbonyl (C=O) groups excluding carboxylic acids is 1. The lowest BCUT2D eigenvalue weighted by atomic mass is 10.1. The van der Waals surface area contributed by atoms with Gasteiger partial charge in [0.15, 0.2) is 0 Å². The molecule has 3 rings (SSSR count). The molecule has 1 aliphatic rings.